The average Bonchev–Trinajstić information content (AvgIpc) is 3.41. The maximum Gasteiger partial charge on any atom is 0.242 e. The number of benzene rings is 6. The number of aryl methyl sites for hydroxylation is 2. The summed E-state index contributed by atoms with van der Waals surface area (Å²) in [6.07, 6.45) is 1.59. The monoisotopic (exact) mass is 1110 g/mol. The van der Waals surface area contributed by atoms with Gasteiger partial charge < -0.3 is 44.6 Å². The average molecular weight is 1110 g/mol. The van der Waals surface area contributed by atoms with Crippen LogP contribution in [-0.2, 0) is 4.79 Å². The van der Waals surface area contributed by atoms with Crippen LogP contribution in [0.4, 0.5) is 47.1 Å². The molecule has 0 saturated carbocycles. The molecule has 0 radical (unpaired) electrons. The third-order valence-electron chi connectivity index (χ3n) is 10.6. The minimum Gasteiger partial charge on any atom is -0.382 e. The third kappa shape index (κ3) is 13.7. The van der Waals surface area contributed by atoms with Crippen molar-refractivity contribution in [1.29, 1.82) is 0 Å². The molecule has 1 amide bonds. The van der Waals surface area contributed by atoms with Crippen molar-refractivity contribution < 1.29 is 4.79 Å². The first-order valence-corrected chi connectivity index (χ1v) is 24.2. The lowest BCUT2D eigenvalue weighted by molar-refractivity contribution is -0.114. The molecule has 0 spiro atoms. The van der Waals surface area contributed by atoms with Gasteiger partial charge in [-0.2, -0.15) is 19.9 Å². The Morgan fingerprint density at radius 3 is 1.62 bits per heavy atom. The van der Waals surface area contributed by atoms with Gasteiger partial charge in [0.05, 0.1) is 26.4 Å². The van der Waals surface area contributed by atoms with Gasteiger partial charge >= 0.3 is 0 Å². The summed E-state index contributed by atoms with van der Waals surface area (Å²) < 4.78 is 0. The van der Waals surface area contributed by atoms with E-state index in [1.807, 2.05) is 82.5 Å². The van der Waals surface area contributed by atoms with Crippen molar-refractivity contribution in [3.05, 3.63) is 140 Å². The van der Waals surface area contributed by atoms with Gasteiger partial charge in [-0.3, -0.25) is 4.79 Å². The van der Waals surface area contributed by atoms with Gasteiger partial charge in [-0.25, -0.2) is 4.99 Å². The quantitative estimate of drug-likeness (QED) is 0.0577. The normalized spacial score (nSPS) is 10.7. The predicted octanol–water partition coefficient (Wildman–Crippen LogP) is 9.36. The summed E-state index contributed by atoms with van der Waals surface area (Å²) in [6.45, 7) is 5.39. The van der Waals surface area contributed by atoms with Crippen LogP contribution < -0.4 is 39.7 Å². The Bertz CT molecular complexity index is 3830. The van der Waals surface area contributed by atoms with Crippen molar-refractivity contribution in [3.8, 4) is 45.0 Å². The van der Waals surface area contributed by atoms with Gasteiger partial charge in [0.2, 0.25) is 29.7 Å². The number of rotatable bonds is 7. The first kappa shape index (κ1) is 55.5. The molecule has 22 nitrogen and oxygen atoms in total. The van der Waals surface area contributed by atoms with Crippen molar-refractivity contribution in [2.45, 2.75) is 20.8 Å². The minimum atomic E-state index is -0.306. The number of aromatic nitrogens is 12. The first-order chi connectivity index (χ1) is 36.8. The molecule has 77 heavy (non-hydrogen) atoms. The van der Waals surface area contributed by atoms with Crippen LogP contribution in [0.25, 0.3) is 66.6 Å². The molecule has 6 aromatic carbocycles. The van der Waals surface area contributed by atoms with E-state index < -0.39 is 0 Å². The highest BCUT2D eigenvalue weighted by Gasteiger charge is 2.18. The van der Waals surface area contributed by atoms with Gasteiger partial charge in [0.15, 0.2) is 23.3 Å². The molecule has 0 aliphatic rings. The van der Waals surface area contributed by atoms with Gasteiger partial charge in [-0.15, -0.1) is 40.8 Å². The standard InChI is InChI=1S/2C14H13N5.C12H12Cl2N6.C11H9Cl2N5O/c1-8-6-9-4-2-3-5-10(9)11(7-8)12-13(15)17-14(16)19-18-12;1-8-6-7-9-4-2-3-5-10(9)11(8)12-13(15)17-14(16)19-18-12;1-20(2)6-16-11-10(18-19-12(15)17-11)7-4-3-5-8(13)9(7)14;1-5(19)15-10-9(17-18-11(14)16-10)6-3-2-4-7(12)8(6)13/h2*2-7H,1H3,(H4,15,16,17,19);3-6H,1-2H3,(H2,15,17,19);2-4H,1H3,(H3,14,15,16,18,19). The van der Waals surface area contributed by atoms with Crippen LogP contribution in [0, 0.1) is 13.8 Å². The number of anilines is 7. The zero-order valence-electron chi connectivity index (χ0n) is 41.6. The topological polar surface area (TPSA) is 355 Å². The van der Waals surface area contributed by atoms with Crippen LogP contribution in [-0.4, -0.2) is 92.0 Å². The zero-order valence-corrected chi connectivity index (χ0v) is 44.6. The Labute approximate surface area is 460 Å². The number of hydrogen-bond acceptors (Lipinski definition) is 20. The van der Waals surface area contributed by atoms with Crippen LogP contribution in [0.15, 0.2) is 114 Å². The fourth-order valence-corrected chi connectivity index (χ4v) is 8.12. The Hall–Kier alpha value is -9.22. The summed E-state index contributed by atoms with van der Waals surface area (Å²) in [7, 11) is 3.68. The van der Waals surface area contributed by atoms with E-state index >= 15 is 0 Å². The Morgan fingerprint density at radius 1 is 0.532 bits per heavy atom. The van der Waals surface area contributed by atoms with E-state index in [0.717, 1.165) is 43.8 Å². The minimum absolute atomic E-state index is 0.0396. The Morgan fingerprint density at radius 2 is 1.04 bits per heavy atom. The summed E-state index contributed by atoms with van der Waals surface area (Å²) in [4.78, 5) is 33.1. The fraction of sp³-hybridized carbons (Fsp3) is 0.0980. The van der Waals surface area contributed by atoms with Gasteiger partial charge in [0, 0.05) is 43.3 Å². The molecule has 10 rings (SSSR count). The zero-order chi connectivity index (χ0) is 55.5. The maximum atomic E-state index is 11.2. The highest BCUT2D eigenvalue weighted by molar-refractivity contribution is 6.44. The summed E-state index contributed by atoms with van der Waals surface area (Å²) in [6, 6.07) is 34.7. The molecule has 10 aromatic rings. The third-order valence-corrected chi connectivity index (χ3v) is 12.2. The van der Waals surface area contributed by atoms with Crippen LogP contribution in [0.3, 0.4) is 0 Å². The molecule has 0 aliphatic carbocycles. The summed E-state index contributed by atoms with van der Waals surface area (Å²) in [5.74, 6) is 0.954. The SMILES string of the molecule is CC(=O)Nc1nc(N)nnc1-c1cccc(Cl)c1Cl.CN(C)C=Nc1nc(N)nnc1-c1cccc(Cl)c1Cl.Cc1cc(-c2nnc(N)nc2N)c2ccccc2c1.Cc1ccc2ccccc2c1-c1nnc(N)nc1N. The van der Waals surface area contributed by atoms with E-state index in [0.29, 0.717) is 71.4 Å². The Kier molecular flexibility index (Phi) is 17.9. The van der Waals surface area contributed by atoms with Crippen molar-refractivity contribution >= 4 is 127 Å². The second kappa shape index (κ2) is 24.9. The molecular weight excluding hydrogens is 1060 g/mol. The second-order valence-electron chi connectivity index (χ2n) is 16.6. The lowest BCUT2D eigenvalue weighted by Crippen LogP contribution is -2.12. The van der Waals surface area contributed by atoms with Crippen LogP contribution in [0.5, 0.6) is 0 Å². The van der Waals surface area contributed by atoms with Gasteiger partial charge in [0.25, 0.3) is 0 Å². The van der Waals surface area contributed by atoms with Gasteiger partial charge in [-0.1, -0.05) is 137 Å². The van der Waals surface area contributed by atoms with E-state index in [2.05, 4.69) is 89.2 Å². The summed E-state index contributed by atoms with van der Waals surface area (Å²) in [5.41, 5.74) is 40.9. The molecule has 0 bridgehead atoms. The molecule has 26 heteroatoms. The number of carbonyl (C=O) groups excluding carboxylic acids is 1. The van der Waals surface area contributed by atoms with E-state index in [1.54, 1.807) is 47.6 Å². The first-order valence-electron chi connectivity index (χ1n) is 22.7. The van der Waals surface area contributed by atoms with Crippen LogP contribution in [0.2, 0.25) is 20.1 Å². The summed E-state index contributed by atoms with van der Waals surface area (Å²) >= 11 is 24.2. The maximum absolute atomic E-state index is 11.2. The number of nitrogens with zero attached hydrogens (tertiary/aromatic N) is 14. The van der Waals surface area contributed by atoms with E-state index in [-0.39, 0.29) is 35.5 Å². The lowest BCUT2D eigenvalue weighted by Gasteiger charge is -2.10. The molecule has 390 valence electrons. The number of amides is 1. The molecule has 0 fully saturated rings. The Balaban J connectivity index is 0.000000149. The largest absolute Gasteiger partial charge is 0.382 e. The lowest BCUT2D eigenvalue weighted by atomic mass is 9.97. The van der Waals surface area contributed by atoms with Crippen molar-refractivity contribution in [1.82, 2.24) is 65.6 Å². The van der Waals surface area contributed by atoms with Crippen LogP contribution in [0.1, 0.15) is 18.1 Å². The van der Waals surface area contributed by atoms with Crippen molar-refractivity contribution in [2.24, 2.45) is 4.99 Å². The van der Waals surface area contributed by atoms with Gasteiger partial charge in [0.1, 0.15) is 22.8 Å². The van der Waals surface area contributed by atoms with Crippen molar-refractivity contribution in [2.75, 3.05) is 53.8 Å². The smallest absolute Gasteiger partial charge is 0.242 e. The number of nitrogen functional groups attached to an aromatic ring is 6. The van der Waals surface area contributed by atoms with E-state index in [4.69, 9.17) is 80.8 Å². The molecule has 13 N–H and O–H groups in total. The number of nitrogens with one attached hydrogen (secondary N) is 1. The number of carbonyl (C=O) groups is 1. The summed E-state index contributed by atoms with van der Waals surface area (Å²) in [5, 5.41) is 39.5. The van der Waals surface area contributed by atoms with E-state index in [9.17, 15) is 4.79 Å². The fourth-order valence-electron chi connectivity index (χ4n) is 7.33. The molecule has 4 heterocycles. The molecule has 4 aromatic heterocycles. The second-order valence-corrected chi connectivity index (χ2v) is 18.2. The molecule has 0 saturated heterocycles. The number of hydrogen-bond donors (Lipinski definition) is 7. The number of halogens is 4. The van der Waals surface area contributed by atoms with E-state index in [1.165, 1.54) is 6.92 Å². The molecule has 0 unspecified atom stereocenters. The van der Waals surface area contributed by atoms with Crippen molar-refractivity contribution in [3.63, 3.8) is 0 Å². The molecule has 0 atom stereocenters. The highest BCUT2D eigenvalue weighted by atomic mass is 35.5. The number of aliphatic imine (C=N–C) groups is 1. The molecule has 0 aliphatic heterocycles. The predicted molar refractivity (Wildman–Crippen MR) is 308 cm³/mol. The number of fused-ring (bicyclic) bond motifs is 2. The highest BCUT2D eigenvalue weighted by Crippen LogP contribution is 2.38. The van der Waals surface area contributed by atoms with Crippen LogP contribution >= 0.6 is 46.4 Å². The molecular formula is C51H47Cl4N21O. The number of nitrogens with two attached hydrogens (primary N) is 6. The van der Waals surface area contributed by atoms with Gasteiger partial charge in [-0.05, 0) is 64.7 Å².